The molecule has 1 aromatic heterocycles. The van der Waals surface area contributed by atoms with Crippen LogP contribution in [0, 0.1) is 27.4 Å². The molecule has 0 aliphatic carbocycles. The molecule has 0 aliphatic rings. The van der Waals surface area contributed by atoms with E-state index in [1.165, 1.54) is 0 Å². The molecule has 0 amide bonds. The van der Waals surface area contributed by atoms with Gasteiger partial charge in [0.25, 0.3) is 0 Å². The van der Waals surface area contributed by atoms with E-state index in [1.807, 2.05) is 0 Å². The Morgan fingerprint density at radius 2 is 1.77 bits per heavy atom. The van der Waals surface area contributed by atoms with Gasteiger partial charge in [0, 0.05) is 0 Å². The fraction of sp³-hybridized carbons (Fsp3) is 0.333. The smallest absolute Gasteiger partial charge is 0.524 e. The quantitative estimate of drug-likeness (QED) is 0.533. The van der Waals surface area contributed by atoms with Crippen molar-refractivity contribution in [3.05, 3.63) is 39.1 Å². The summed E-state index contributed by atoms with van der Waals surface area (Å²) >= 11 is 0. The molecule has 0 aromatic carbocycles. The SMILES string of the molecule is CC(C)c1c[c-]n[c-]n1.[CH3-].[CH3-].[W+2].[W+2]. The van der Waals surface area contributed by atoms with E-state index < -0.39 is 0 Å². The molecule has 1 heterocycles. The van der Waals surface area contributed by atoms with Crippen LogP contribution in [0.1, 0.15) is 25.5 Å². The van der Waals surface area contributed by atoms with Crippen LogP contribution < -0.4 is 0 Å². The van der Waals surface area contributed by atoms with Gasteiger partial charge in [-0.25, -0.2) is 0 Å². The predicted octanol–water partition coefficient (Wildman–Crippen LogP) is 2.10. The first-order chi connectivity index (χ1) is 4.30. The largest absolute Gasteiger partial charge is 2.00 e. The van der Waals surface area contributed by atoms with Crippen molar-refractivity contribution >= 4 is 0 Å². The summed E-state index contributed by atoms with van der Waals surface area (Å²) < 4.78 is 0. The van der Waals surface area contributed by atoms with E-state index in [0.717, 1.165) is 5.69 Å². The van der Waals surface area contributed by atoms with Gasteiger partial charge < -0.3 is 24.8 Å². The minimum Gasteiger partial charge on any atom is -0.524 e. The molecule has 72 valence electrons. The number of hydrogen-bond donors (Lipinski definition) is 0. The maximum absolute atomic E-state index is 3.91. The maximum atomic E-state index is 3.91. The molecule has 0 aliphatic heterocycles. The van der Waals surface area contributed by atoms with Gasteiger partial charge in [0.15, 0.2) is 0 Å². The number of rotatable bonds is 1. The summed E-state index contributed by atoms with van der Waals surface area (Å²) in [6.07, 6.45) is 5.16. The summed E-state index contributed by atoms with van der Waals surface area (Å²) in [6.45, 7) is 4.15. The van der Waals surface area contributed by atoms with Crippen LogP contribution in [0.2, 0.25) is 0 Å². The normalized spacial score (nSPS) is 7.00. The second kappa shape index (κ2) is 12.5. The van der Waals surface area contributed by atoms with Crippen LogP contribution >= 0.6 is 0 Å². The Kier molecular flexibility index (Phi) is 22.4. The molecular weight excluding hydrogens is 504 g/mol. The number of nitrogens with zero attached hydrogens (tertiary/aromatic N) is 2. The van der Waals surface area contributed by atoms with Crippen LogP contribution in [0.3, 0.4) is 0 Å². The first-order valence-electron chi connectivity index (χ1n) is 2.92. The topological polar surface area (TPSA) is 25.8 Å². The third-order valence-corrected chi connectivity index (χ3v) is 1.10. The standard InChI is InChI=1S/C7H8N2.2CH3.2W/c1-6(2)7-3-4-8-5-9-7;;;;/h3,6H,1-2H3;2*1H3;;/q-2;2*-1;2*+2. The van der Waals surface area contributed by atoms with E-state index in [4.69, 9.17) is 0 Å². The third kappa shape index (κ3) is 8.78. The Balaban J connectivity index is -0.000000101. The van der Waals surface area contributed by atoms with Gasteiger partial charge in [-0.05, 0) is 0 Å². The zero-order chi connectivity index (χ0) is 6.69. The predicted molar refractivity (Wildman–Crippen MR) is 46.6 cm³/mol. The molecule has 0 bridgehead atoms. The van der Waals surface area contributed by atoms with Crippen molar-refractivity contribution in [3.8, 4) is 0 Å². The summed E-state index contributed by atoms with van der Waals surface area (Å²) in [5.41, 5.74) is 0.991. The van der Waals surface area contributed by atoms with Crippen LogP contribution in [0.25, 0.3) is 0 Å². The molecular formula is C9H14N2W2. The minimum atomic E-state index is 0. The van der Waals surface area contributed by atoms with E-state index in [-0.39, 0.29) is 57.0 Å². The fourth-order valence-corrected chi connectivity index (χ4v) is 0.538. The van der Waals surface area contributed by atoms with E-state index >= 15 is 0 Å². The molecule has 13 heavy (non-hydrogen) atoms. The van der Waals surface area contributed by atoms with Crippen LogP contribution in [0.4, 0.5) is 0 Å². The summed E-state index contributed by atoms with van der Waals surface area (Å²) in [5.74, 6) is 0.445. The van der Waals surface area contributed by atoms with Crippen molar-refractivity contribution in [2.24, 2.45) is 0 Å². The van der Waals surface area contributed by atoms with Crippen LogP contribution in [0.15, 0.2) is 6.07 Å². The first kappa shape index (κ1) is 23.3. The molecule has 0 atom stereocenters. The van der Waals surface area contributed by atoms with E-state index in [0.29, 0.717) is 5.92 Å². The average Bonchev–Trinajstić information content (AvgIpc) is 1.90. The van der Waals surface area contributed by atoms with Gasteiger partial charge in [0.1, 0.15) is 0 Å². The Morgan fingerprint density at radius 1 is 1.23 bits per heavy atom. The van der Waals surface area contributed by atoms with Crippen molar-refractivity contribution in [1.82, 2.24) is 9.97 Å². The molecule has 4 heteroatoms. The molecule has 0 saturated carbocycles. The number of aromatic nitrogens is 2. The van der Waals surface area contributed by atoms with Crippen molar-refractivity contribution in [3.63, 3.8) is 0 Å². The van der Waals surface area contributed by atoms with Crippen LogP contribution in [0.5, 0.6) is 0 Å². The maximum Gasteiger partial charge on any atom is 2.00 e. The summed E-state index contributed by atoms with van der Waals surface area (Å²) in [6, 6.07) is 1.78. The molecule has 1 rings (SSSR count). The summed E-state index contributed by atoms with van der Waals surface area (Å²) in [7, 11) is 0. The van der Waals surface area contributed by atoms with Gasteiger partial charge in [-0.15, -0.1) is 0 Å². The molecule has 0 N–H and O–H groups in total. The van der Waals surface area contributed by atoms with Crippen molar-refractivity contribution in [1.29, 1.82) is 0 Å². The van der Waals surface area contributed by atoms with Gasteiger partial charge in [-0.3, -0.25) is 12.3 Å². The van der Waals surface area contributed by atoms with E-state index in [2.05, 4.69) is 36.3 Å². The Bertz CT molecular complexity index is 178. The molecule has 0 saturated heterocycles. The van der Waals surface area contributed by atoms with Crippen LogP contribution in [-0.4, -0.2) is 9.97 Å². The van der Waals surface area contributed by atoms with E-state index in [9.17, 15) is 0 Å². The third-order valence-electron chi connectivity index (χ3n) is 1.10. The molecule has 0 spiro atoms. The first-order valence-corrected chi connectivity index (χ1v) is 2.92. The van der Waals surface area contributed by atoms with Crippen molar-refractivity contribution < 1.29 is 42.1 Å². The van der Waals surface area contributed by atoms with E-state index in [1.54, 1.807) is 6.07 Å². The van der Waals surface area contributed by atoms with Crippen LogP contribution in [-0.2, 0) is 42.1 Å². The Hall–Kier alpha value is 0.457. The number of hydrogen-bond acceptors (Lipinski definition) is 2. The fourth-order valence-electron chi connectivity index (χ4n) is 0.538. The molecule has 1 aromatic rings. The van der Waals surface area contributed by atoms with Crippen molar-refractivity contribution in [2.75, 3.05) is 0 Å². The zero-order valence-corrected chi connectivity index (χ0v) is 14.2. The summed E-state index contributed by atoms with van der Waals surface area (Å²) in [4.78, 5) is 7.48. The molecule has 2 nitrogen and oxygen atoms in total. The molecule has 0 fully saturated rings. The van der Waals surface area contributed by atoms with Gasteiger partial charge in [0.2, 0.25) is 0 Å². The van der Waals surface area contributed by atoms with Gasteiger partial charge >= 0.3 is 42.1 Å². The average molecular weight is 518 g/mol. The second-order valence-corrected chi connectivity index (χ2v) is 2.18. The second-order valence-electron chi connectivity index (χ2n) is 2.18. The minimum absolute atomic E-state index is 0. The van der Waals surface area contributed by atoms with Gasteiger partial charge in [0.05, 0.1) is 0 Å². The monoisotopic (exact) mass is 518 g/mol. The Labute approximate surface area is 110 Å². The van der Waals surface area contributed by atoms with Crippen molar-refractivity contribution in [2.45, 2.75) is 19.8 Å². The Morgan fingerprint density at radius 3 is 2.00 bits per heavy atom. The molecule has 0 unspecified atom stereocenters. The van der Waals surface area contributed by atoms with Gasteiger partial charge in [-0.2, -0.15) is 12.0 Å². The summed E-state index contributed by atoms with van der Waals surface area (Å²) in [5, 5.41) is 0. The molecule has 0 radical (unpaired) electrons. The van der Waals surface area contributed by atoms with Gasteiger partial charge in [-0.1, -0.05) is 19.8 Å². The zero-order valence-electron chi connectivity index (χ0n) is 8.37.